The SMILES string of the molecule is CCOC(=O)C(NC(=O)Cc1cc(F)cc(F)c1)C(=O)NC1=CC(C(C)(C)C)(C(C)(C)C)N=N1. The minimum atomic E-state index is -1.69. The van der Waals surface area contributed by atoms with Gasteiger partial charge in [0.05, 0.1) is 13.0 Å². The van der Waals surface area contributed by atoms with Gasteiger partial charge in [-0.2, -0.15) is 5.11 Å². The van der Waals surface area contributed by atoms with Crippen molar-refractivity contribution < 1.29 is 27.9 Å². The molecule has 0 fully saturated rings. The molecule has 186 valence electrons. The Morgan fingerprint density at radius 3 is 2.06 bits per heavy atom. The van der Waals surface area contributed by atoms with E-state index < -0.39 is 47.4 Å². The molecule has 1 aromatic rings. The van der Waals surface area contributed by atoms with Crippen LogP contribution >= 0.6 is 0 Å². The van der Waals surface area contributed by atoms with Crippen molar-refractivity contribution in [2.75, 3.05) is 6.61 Å². The van der Waals surface area contributed by atoms with Gasteiger partial charge in [0, 0.05) is 6.07 Å². The van der Waals surface area contributed by atoms with E-state index in [9.17, 15) is 23.2 Å². The summed E-state index contributed by atoms with van der Waals surface area (Å²) < 4.78 is 31.8. The van der Waals surface area contributed by atoms with Crippen LogP contribution in [-0.4, -0.2) is 36.0 Å². The quantitative estimate of drug-likeness (QED) is 0.459. The average Bonchev–Trinajstić information content (AvgIpc) is 3.10. The third-order valence-electron chi connectivity index (χ3n) is 5.58. The van der Waals surface area contributed by atoms with Crippen LogP contribution in [0.3, 0.4) is 0 Å². The number of hydrogen-bond acceptors (Lipinski definition) is 6. The predicted octanol–water partition coefficient (Wildman–Crippen LogP) is 3.81. The van der Waals surface area contributed by atoms with Crippen LogP contribution in [0.15, 0.2) is 40.3 Å². The van der Waals surface area contributed by atoms with E-state index in [1.807, 2.05) is 41.5 Å². The summed E-state index contributed by atoms with van der Waals surface area (Å²) in [4.78, 5) is 37.8. The summed E-state index contributed by atoms with van der Waals surface area (Å²) in [5.74, 6) is -4.19. The van der Waals surface area contributed by atoms with Gasteiger partial charge in [0.2, 0.25) is 11.9 Å². The minimum absolute atomic E-state index is 0.0207. The van der Waals surface area contributed by atoms with Crippen molar-refractivity contribution in [3.8, 4) is 0 Å². The first-order valence-corrected chi connectivity index (χ1v) is 11.0. The van der Waals surface area contributed by atoms with Gasteiger partial charge >= 0.3 is 5.97 Å². The fourth-order valence-corrected chi connectivity index (χ4v) is 4.07. The van der Waals surface area contributed by atoms with Gasteiger partial charge < -0.3 is 15.4 Å². The second-order valence-corrected chi connectivity index (χ2v) is 10.2. The second kappa shape index (κ2) is 9.99. The van der Waals surface area contributed by atoms with Crippen LogP contribution in [0.5, 0.6) is 0 Å². The molecule has 0 saturated carbocycles. The molecule has 0 radical (unpaired) electrons. The Labute approximate surface area is 198 Å². The number of halogens is 2. The Bertz CT molecular complexity index is 989. The van der Waals surface area contributed by atoms with Gasteiger partial charge in [-0.25, -0.2) is 13.6 Å². The smallest absolute Gasteiger partial charge is 0.338 e. The van der Waals surface area contributed by atoms with E-state index in [0.29, 0.717) is 6.07 Å². The number of rotatable bonds is 7. The van der Waals surface area contributed by atoms with Crippen molar-refractivity contribution in [3.63, 3.8) is 0 Å². The standard InChI is InChI=1S/C24H32F2N4O4/c1-8-34-21(33)19(28-18(31)11-14-9-15(25)12-16(26)10-14)20(32)27-17-13-24(30-29-17,22(2,3)4)23(5,6)7/h9-10,12-13,19H,8,11H2,1-7H3,(H,27,32)(H,28,31). The molecule has 10 heteroatoms. The highest BCUT2D eigenvalue weighted by Gasteiger charge is 2.52. The van der Waals surface area contributed by atoms with Gasteiger partial charge in [-0.05, 0) is 41.5 Å². The lowest BCUT2D eigenvalue weighted by Crippen LogP contribution is -2.52. The molecule has 1 aliphatic heterocycles. The number of esters is 1. The summed E-state index contributed by atoms with van der Waals surface area (Å²) >= 11 is 0. The summed E-state index contributed by atoms with van der Waals surface area (Å²) in [6, 6.07) is 0.964. The molecule has 2 N–H and O–H groups in total. The van der Waals surface area contributed by atoms with Gasteiger partial charge in [0.1, 0.15) is 17.2 Å². The van der Waals surface area contributed by atoms with Crippen LogP contribution in [0.1, 0.15) is 54.0 Å². The summed E-state index contributed by atoms with van der Waals surface area (Å²) in [5, 5.41) is 13.4. The molecule has 1 atom stereocenters. The summed E-state index contributed by atoms with van der Waals surface area (Å²) in [6.07, 6.45) is 1.29. The highest BCUT2D eigenvalue weighted by atomic mass is 19.1. The molecule has 2 amide bonds. The van der Waals surface area contributed by atoms with Gasteiger partial charge in [-0.3, -0.25) is 9.59 Å². The Hall–Kier alpha value is -3.17. The molecular formula is C24H32F2N4O4. The first kappa shape index (κ1) is 27.1. The van der Waals surface area contributed by atoms with E-state index >= 15 is 0 Å². The lowest BCUT2D eigenvalue weighted by atomic mass is 9.60. The van der Waals surface area contributed by atoms with Crippen molar-refractivity contribution in [1.29, 1.82) is 0 Å². The zero-order chi connectivity index (χ0) is 25.9. The number of carbonyl (C=O) groups is 3. The highest BCUT2D eigenvalue weighted by Crippen LogP contribution is 2.50. The average molecular weight is 479 g/mol. The first-order valence-electron chi connectivity index (χ1n) is 11.0. The Morgan fingerprint density at radius 2 is 1.59 bits per heavy atom. The van der Waals surface area contributed by atoms with Gasteiger partial charge in [-0.1, -0.05) is 41.5 Å². The molecule has 0 bridgehead atoms. The molecule has 0 spiro atoms. The normalized spacial score (nSPS) is 16.0. The molecule has 0 saturated heterocycles. The number of ether oxygens (including phenoxy) is 1. The maximum absolute atomic E-state index is 13.4. The third kappa shape index (κ3) is 6.03. The van der Waals surface area contributed by atoms with Crippen molar-refractivity contribution >= 4 is 17.8 Å². The van der Waals surface area contributed by atoms with Crippen molar-refractivity contribution in [2.45, 2.75) is 66.5 Å². The lowest BCUT2D eigenvalue weighted by Gasteiger charge is -2.46. The number of nitrogens with one attached hydrogen (secondary N) is 2. The highest BCUT2D eigenvalue weighted by molar-refractivity contribution is 6.05. The first-order chi connectivity index (χ1) is 15.6. The molecule has 8 nitrogen and oxygen atoms in total. The monoisotopic (exact) mass is 478 g/mol. The maximum atomic E-state index is 13.4. The Kier molecular flexibility index (Phi) is 7.95. The van der Waals surface area contributed by atoms with E-state index in [0.717, 1.165) is 12.1 Å². The third-order valence-corrected chi connectivity index (χ3v) is 5.58. The predicted molar refractivity (Wildman–Crippen MR) is 121 cm³/mol. The van der Waals surface area contributed by atoms with Gasteiger partial charge in [0.15, 0.2) is 5.82 Å². The fraction of sp³-hybridized carbons (Fsp3) is 0.542. The number of hydrogen-bond donors (Lipinski definition) is 2. The topological polar surface area (TPSA) is 109 Å². The molecule has 1 aliphatic rings. The summed E-state index contributed by atoms with van der Waals surface area (Å²) in [5.41, 5.74) is -1.36. The van der Waals surface area contributed by atoms with Crippen molar-refractivity contribution in [2.24, 2.45) is 21.1 Å². The maximum Gasteiger partial charge on any atom is 0.338 e. The summed E-state index contributed by atoms with van der Waals surface area (Å²) in [6.45, 7) is 13.6. The number of nitrogens with zero attached hydrogens (tertiary/aromatic N) is 2. The lowest BCUT2D eigenvalue weighted by molar-refractivity contribution is -0.150. The molecule has 0 aliphatic carbocycles. The van der Waals surface area contributed by atoms with E-state index in [1.54, 1.807) is 13.0 Å². The van der Waals surface area contributed by atoms with Gasteiger partial charge in [-0.15, -0.1) is 5.11 Å². The molecule has 1 heterocycles. The van der Waals surface area contributed by atoms with Crippen LogP contribution in [0.2, 0.25) is 0 Å². The number of amides is 2. The van der Waals surface area contributed by atoms with E-state index in [4.69, 9.17) is 4.74 Å². The van der Waals surface area contributed by atoms with Crippen LogP contribution < -0.4 is 10.6 Å². The number of azo groups is 1. The Morgan fingerprint density at radius 1 is 1.03 bits per heavy atom. The largest absolute Gasteiger partial charge is 0.464 e. The van der Waals surface area contributed by atoms with Crippen LogP contribution in [0.25, 0.3) is 0 Å². The molecule has 0 aromatic heterocycles. The second-order valence-electron chi connectivity index (χ2n) is 10.2. The molecule has 1 unspecified atom stereocenters. The van der Waals surface area contributed by atoms with Crippen LogP contribution in [0, 0.1) is 22.5 Å². The van der Waals surface area contributed by atoms with Gasteiger partial charge in [0.25, 0.3) is 5.91 Å². The number of carbonyl (C=O) groups excluding carboxylic acids is 3. The van der Waals surface area contributed by atoms with Crippen molar-refractivity contribution in [3.05, 3.63) is 47.3 Å². The zero-order valence-electron chi connectivity index (χ0n) is 20.6. The number of benzene rings is 1. The van der Waals surface area contributed by atoms with Crippen molar-refractivity contribution in [1.82, 2.24) is 10.6 Å². The van der Waals surface area contributed by atoms with E-state index in [2.05, 4.69) is 20.9 Å². The van der Waals surface area contributed by atoms with Crippen LogP contribution in [0.4, 0.5) is 8.78 Å². The minimum Gasteiger partial charge on any atom is -0.464 e. The summed E-state index contributed by atoms with van der Waals surface area (Å²) in [7, 11) is 0. The Balaban J connectivity index is 2.23. The molecular weight excluding hydrogens is 446 g/mol. The zero-order valence-corrected chi connectivity index (χ0v) is 20.6. The van der Waals surface area contributed by atoms with Crippen LogP contribution in [-0.2, 0) is 25.5 Å². The molecule has 34 heavy (non-hydrogen) atoms. The molecule has 1 aromatic carbocycles. The van der Waals surface area contributed by atoms with E-state index in [-0.39, 0.29) is 28.8 Å². The molecule has 2 rings (SSSR count). The fourth-order valence-electron chi connectivity index (χ4n) is 4.07. The van der Waals surface area contributed by atoms with E-state index in [1.165, 1.54) is 0 Å².